The molecular weight excluding hydrogens is 590 g/mol. The van der Waals surface area contributed by atoms with Crippen LogP contribution < -0.4 is 15.5 Å². The molecule has 0 radical (unpaired) electrons. The number of hydrogen-bond donors (Lipinski definition) is 3. The van der Waals surface area contributed by atoms with E-state index in [-0.39, 0.29) is 24.4 Å². The van der Waals surface area contributed by atoms with E-state index >= 15 is 0 Å². The van der Waals surface area contributed by atoms with Crippen LogP contribution in [0, 0.1) is 18.6 Å². The average molecular weight is 637 g/mol. The third-order valence-electron chi connectivity index (χ3n) is 7.99. The fourth-order valence-electron chi connectivity index (χ4n) is 5.78. The van der Waals surface area contributed by atoms with Crippen molar-refractivity contribution in [2.24, 2.45) is 0 Å². The number of amides is 2. The third kappa shape index (κ3) is 10.1. The fourth-order valence-corrected chi connectivity index (χ4v) is 5.78. The summed E-state index contributed by atoms with van der Waals surface area (Å²) in [6, 6.07) is 15.4. The number of carbonyl (C=O) groups excluding carboxylic acids is 2. The Morgan fingerprint density at radius 1 is 0.935 bits per heavy atom. The summed E-state index contributed by atoms with van der Waals surface area (Å²) in [7, 11) is 0. The van der Waals surface area contributed by atoms with Gasteiger partial charge in [-0.05, 0) is 85.3 Å². The van der Waals surface area contributed by atoms with Crippen LogP contribution in [0.2, 0.25) is 0 Å². The Labute approximate surface area is 270 Å². The molecular formula is C36H46F2N4O4. The third-order valence-corrected chi connectivity index (χ3v) is 7.99. The van der Waals surface area contributed by atoms with E-state index in [2.05, 4.69) is 27.7 Å². The molecule has 1 aliphatic heterocycles. The normalized spacial score (nSPS) is 14.5. The van der Waals surface area contributed by atoms with Crippen LogP contribution in [0.25, 0.3) is 0 Å². The summed E-state index contributed by atoms with van der Waals surface area (Å²) < 4.78 is 33.6. The molecule has 0 bridgehead atoms. The Bertz CT molecular complexity index is 1440. The second kappa shape index (κ2) is 17.2. The van der Waals surface area contributed by atoms with Crippen LogP contribution in [-0.2, 0) is 17.7 Å². The van der Waals surface area contributed by atoms with Crippen molar-refractivity contribution in [3.63, 3.8) is 0 Å². The Kier molecular flexibility index (Phi) is 13.1. The highest BCUT2D eigenvalue weighted by molar-refractivity contribution is 6.00. The molecule has 2 atom stereocenters. The van der Waals surface area contributed by atoms with Gasteiger partial charge in [0.1, 0.15) is 11.6 Å². The van der Waals surface area contributed by atoms with Gasteiger partial charge in [0.2, 0.25) is 0 Å². The Hall–Kier alpha value is -3.86. The fraction of sp³-hybridized carbons (Fsp3) is 0.444. The van der Waals surface area contributed by atoms with E-state index in [1.165, 1.54) is 12.1 Å². The lowest BCUT2D eigenvalue weighted by atomic mass is 9.99. The van der Waals surface area contributed by atoms with Crippen LogP contribution in [0.15, 0.2) is 60.7 Å². The SMILES string of the molecule is CCCN(CCC)C(=O)c1cc(C)cc(C(=O)N[C@@H](Cc2cc(F)cc(F)c2)[C@H](O)CNCc2cccc(N3CCOCC3)c2)c1. The maximum absolute atomic E-state index is 14.1. The maximum Gasteiger partial charge on any atom is 0.253 e. The summed E-state index contributed by atoms with van der Waals surface area (Å²) in [4.78, 5) is 30.9. The molecule has 248 valence electrons. The topological polar surface area (TPSA) is 94.1 Å². The number of carbonyl (C=O) groups is 2. The lowest BCUT2D eigenvalue weighted by Gasteiger charge is -2.29. The molecule has 0 aliphatic carbocycles. The highest BCUT2D eigenvalue weighted by atomic mass is 19.1. The summed E-state index contributed by atoms with van der Waals surface area (Å²) in [5, 5.41) is 17.4. The standard InChI is InChI=1S/C36H46F2N4O4/c1-4-9-42(10-5-2)36(45)29-16-25(3)15-28(21-29)35(44)40-33(20-27-17-30(37)22-31(38)18-27)34(43)24-39-23-26-7-6-8-32(19-26)41-11-13-46-14-12-41/h6-8,15-19,21-22,33-34,39,43H,4-5,9-14,20,23-24H2,1-3H3,(H,40,44)/t33-,34+/m0/s1. The number of aliphatic hydroxyl groups excluding tert-OH is 1. The molecule has 0 aromatic heterocycles. The van der Waals surface area contributed by atoms with Crippen molar-refractivity contribution in [1.29, 1.82) is 0 Å². The number of halogens is 2. The number of nitrogens with one attached hydrogen (secondary N) is 2. The second-order valence-electron chi connectivity index (χ2n) is 11.9. The van der Waals surface area contributed by atoms with E-state index in [1.54, 1.807) is 23.1 Å². The maximum atomic E-state index is 14.1. The number of anilines is 1. The predicted octanol–water partition coefficient (Wildman–Crippen LogP) is 4.86. The molecule has 1 fully saturated rings. The van der Waals surface area contributed by atoms with Crippen molar-refractivity contribution in [1.82, 2.24) is 15.5 Å². The van der Waals surface area contributed by atoms with Gasteiger partial charge in [-0.15, -0.1) is 0 Å². The molecule has 0 saturated carbocycles. The summed E-state index contributed by atoms with van der Waals surface area (Å²) in [5.41, 5.74) is 3.86. The lowest BCUT2D eigenvalue weighted by Crippen LogP contribution is -2.48. The van der Waals surface area contributed by atoms with E-state index in [9.17, 15) is 23.5 Å². The zero-order valence-electron chi connectivity index (χ0n) is 27.0. The average Bonchev–Trinajstić information content (AvgIpc) is 3.03. The molecule has 3 aromatic carbocycles. The molecule has 0 spiro atoms. The molecule has 0 unspecified atom stereocenters. The van der Waals surface area contributed by atoms with Crippen LogP contribution >= 0.6 is 0 Å². The molecule has 1 aliphatic rings. The van der Waals surface area contributed by atoms with E-state index in [1.807, 2.05) is 32.9 Å². The number of aliphatic hydroxyl groups is 1. The molecule has 3 N–H and O–H groups in total. The van der Waals surface area contributed by atoms with Crippen LogP contribution in [0.5, 0.6) is 0 Å². The molecule has 1 heterocycles. The Morgan fingerprint density at radius 2 is 1.61 bits per heavy atom. The summed E-state index contributed by atoms with van der Waals surface area (Å²) in [5.74, 6) is -2.11. The quantitative estimate of drug-likeness (QED) is 0.221. The first kappa shape index (κ1) is 35.0. The van der Waals surface area contributed by atoms with Gasteiger partial charge >= 0.3 is 0 Å². The monoisotopic (exact) mass is 636 g/mol. The molecule has 2 amide bonds. The van der Waals surface area contributed by atoms with Gasteiger partial charge in [-0.25, -0.2) is 8.78 Å². The molecule has 10 heteroatoms. The van der Waals surface area contributed by atoms with Crippen LogP contribution in [0.4, 0.5) is 14.5 Å². The molecule has 4 rings (SSSR count). The van der Waals surface area contributed by atoms with E-state index < -0.39 is 29.7 Å². The molecule has 8 nitrogen and oxygen atoms in total. The number of benzene rings is 3. The number of morpholine rings is 1. The minimum absolute atomic E-state index is 0.00579. The van der Waals surface area contributed by atoms with Crippen molar-refractivity contribution >= 4 is 17.5 Å². The first-order chi connectivity index (χ1) is 22.2. The number of hydrogen-bond acceptors (Lipinski definition) is 6. The van der Waals surface area contributed by atoms with Gasteiger partial charge in [0.15, 0.2) is 0 Å². The van der Waals surface area contributed by atoms with Crippen molar-refractivity contribution in [3.8, 4) is 0 Å². The largest absolute Gasteiger partial charge is 0.390 e. The lowest BCUT2D eigenvalue weighted by molar-refractivity contribution is 0.0755. The minimum atomic E-state index is -1.09. The zero-order chi connectivity index (χ0) is 33.1. The first-order valence-corrected chi connectivity index (χ1v) is 16.1. The summed E-state index contributed by atoms with van der Waals surface area (Å²) in [6.45, 7) is 10.7. The molecule has 46 heavy (non-hydrogen) atoms. The zero-order valence-corrected chi connectivity index (χ0v) is 27.0. The predicted molar refractivity (Wildman–Crippen MR) is 176 cm³/mol. The highest BCUT2D eigenvalue weighted by Crippen LogP contribution is 2.19. The smallest absolute Gasteiger partial charge is 0.253 e. The van der Waals surface area contributed by atoms with Crippen molar-refractivity contribution in [2.45, 2.75) is 58.7 Å². The van der Waals surface area contributed by atoms with E-state index in [0.29, 0.717) is 44.0 Å². The Morgan fingerprint density at radius 3 is 2.28 bits per heavy atom. The van der Waals surface area contributed by atoms with E-state index in [0.717, 1.165) is 48.8 Å². The van der Waals surface area contributed by atoms with Crippen molar-refractivity contribution in [2.75, 3.05) is 50.8 Å². The Balaban J connectivity index is 1.48. The molecule has 3 aromatic rings. The van der Waals surface area contributed by atoms with Gasteiger partial charge in [-0.3, -0.25) is 9.59 Å². The number of nitrogens with zero attached hydrogens (tertiary/aromatic N) is 2. The number of aryl methyl sites for hydroxylation is 1. The first-order valence-electron chi connectivity index (χ1n) is 16.1. The second-order valence-corrected chi connectivity index (χ2v) is 11.9. The van der Waals surface area contributed by atoms with Gasteiger partial charge in [-0.2, -0.15) is 0 Å². The number of rotatable bonds is 15. The van der Waals surface area contributed by atoms with Crippen molar-refractivity contribution < 1.29 is 28.2 Å². The van der Waals surface area contributed by atoms with Crippen molar-refractivity contribution in [3.05, 3.63) is 100 Å². The van der Waals surface area contributed by atoms with Gasteiger partial charge in [0.25, 0.3) is 11.8 Å². The van der Waals surface area contributed by atoms with Crippen LogP contribution in [-0.4, -0.2) is 79.9 Å². The minimum Gasteiger partial charge on any atom is -0.390 e. The van der Waals surface area contributed by atoms with Crippen LogP contribution in [0.1, 0.15) is 64.1 Å². The van der Waals surface area contributed by atoms with Crippen LogP contribution in [0.3, 0.4) is 0 Å². The van der Waals surface area contributed by atoms with Gasteiger partial charge in [-0.1, -0.05) is 26.0 Å². The van der Waals surface area contributed by atoms with Gasteiger partial charge in [0, 0.05) is 62.1 Å². The van der Waals surface area contributed by atoms with Gasteiger partial charge < -0.3 is 30.3 Å². The molecule has 1 saturated heterocycles. The van der Waals surface area contributed by atoms with E-state index in [4.69, 9.17) is 4.74 Å². The summed E-state index contributed by atoms with van der Waals surface area (Å²) in [6.07, 6.45) is 0.540. The summed E-state index contributed by atoms with van der Waals surface area (Å²) >= 11 is 0. The highest BCUT2D eigenvalue weighted by Gasteiger charge is 2.24. The number of ether oxygens (including phenoxy) is 1. The van der Waals surface area contributed by atoms with Gasteiger partial charge in [0.05, 0.1) is 25.4 Å².